The SMILES string of the molecule is C#CCN(CC(=O)O)Cc1ccccc1Cl. The maximum absolute atomic E-state index is 10.6. The average Bonchev–Trinajstić information content (AvgIpc) is 2.21. The van der Waals surface area contributed by atoms with Crippen LogP contribution in [0.2, 0.25) is 5.02 Å². The van der Waals surface area contributed by atoms with E-state index < -0.39 is 5.97 Å². The maximum Gasteiger partial charge on any atom is 0.317 e. The molecule has 0 aliphatic rings. The van der Waals surface area contributed by atoms with E-state index in [1.807, 2.05) is 18.2 Å². The van der Waals surface area contributed by atoms with Crippen LogP contribution in [0.3, 0.4) is 0 Å². The van der Waals surface area contributed by atoms with Crippen molar-refractivity contribution in [1.29, 1.82) is 0 Å². The van der Waals surface area contributed by atoms with Gasteiger partial charge < -0.3 is 5.11 Å². The lowest BCUT2D eigenvalue weighted by Crippen LogP contribution is -2.29. The molecule has 0 aliphatic carbocycles. The molecule has 3 nitrogen and oxygen atoms in total. The van der Waals surface area contributed by atoms with E-state index in [1.165, 1.54) is 0 Å². The number of hydrogen-bond donors (Lipinski definition) is 1. The molecule has 0 atom stereocenters. The first-order valence-corrected chi connectivity index (χ1v) is 5.12. The van der Waals surface area contributed by atoms with Crippen LogP contribution in [0.5, 0.6) is 0 Å². The van der Waals surface area contributed by atoms with E-state index in [9.17, 15) is 4.79 Å². The number of carbonyl (C=O) groups is 1. The topological polar surface area (TPSA) is 40.5 Å². The van der Waals surface area contributed by atoms with Gasteiger partial charge in [-0.3, -0.25) is 9.69 Å². The summed E-state index contributed by atoms with van der Waals surface area (Å²) in [5, 5.41) is 9.33. The Kier molecular flexibility index (Phi) is 4.84. The first-order valence-electron chi connectivity index (χ1n) is 4.74. The van der Waals surface area contributed by atoms with Gasteiger partial charge in [0.05, 0.1) is 13.1 Å². The van der Waals surface area contributed by atoms with Crippen molar-refractivity contribution in [2.75, 3.05) is 13.1 Å². The Morgan fingerprint density at radius 3 is 2.75 bits per heavy atom. The molecule has 0 fully saturated rings. The van der Waals surface area contributed by atoms with Gasteiger partial charge in [-0.15, -0.1) is 6.42 Å². The van der Waals surface area contributed by atoms with Gasteiger partial charge in [0.15, 0.2) is 0 Å². The second kappa shape index (κ2) is 6.16. The van der Waals surface area contributed by atoms with Crippen LogP contribution >= 0.6 is 11.6 Å². The number of terminal acetylenes is 1. The summed E-state index contributed by atoms with van der Waals surface area (Å²) in [5.74, 6) is 1.53. The molecule has 0 unspecified atom stereocenters. The minimum Gasteiger partial charge on any atom is -0.480 e. The van der Waals surface area contributed by atoms with Crippen LogP contribution in [0.4, 0.5) is 0 Å². The number of nitrogens with zero attached hydrogens (tertiary/aromatic N) is 1. The molecule has 0 amide bonds. The van der Waals surface area contributed by atoms with Crippen molar-refractivity contribution in [2.24, 2.45) is 0 Å². The maximum atomic E-state index is 10.6. The number of aliphatic carboxylic acids is 1. The highest BCUT2D eigenvalue weighted by molar-refractivity contribution is 6.31. The van der Waals surface area contributed by atoms with Crippen molar-refractivity contribution >= 4 is 17.6 Å². The van der Waals surface area contributed by atoms with E-state index in [-0.39, 0.29) is 13.1 Å². The van der Waals surface area contributed by atoms with E-state index in [0.717, 1.165) is 5.56 Å². The van der Waals surface area contributed by atoms with Crippen LogP contribution in [0.1, 0.15) is 5.56 Å². The molecule has 1 N–H and O–H groups in total. The number of rotatable bonds is 5. The van der Waals surface area contributed by atoms with Crippen molar-refractivity contribution in [1.82, 2.24) is 4.90 Å². The van der Waals surface area contributed by atoms with Gasteiger partial charge in [0.2, 0.25) is 0 Å². The smallest absolute Gasteiger partial charge is 0.317 e. The molecule has 4 heteroatoms. The lowest BCUT2D eigenvalue weighted by Gasteiger charge is -2.17. The normalized spacial score (nSPS) is 10.1. The van der Waals surface area contributed by atoms with Crippen LogP contribution in [0, 0.1) is 12.3 Å². The first-order chi connectivity index (χ1) is 7.63. The second-order valence-corrected chi connectivity index (χ2v) is 3.74. The van der Waals surface area contributed by atoms with Gasteiger partial charge in [0.25, 0.3) is 0 Å². The van der Waals surface area contributed by atoms with Crippen LogP contribution in [0.25, 0.3) is 0 Å². The molecule has 0 bridgehead atoms. The molecule has 0 heterocycles. The number of carboxylic acid groups (broad SMARTS) is 1. The van der Waals surface area contributed by atoms with Crippen molar-refractivity contribution in [3.8, 4) is 12.3 Å². The van der Waals surface area contributed by atoms with Gasteiger partial charge in [-0.1, -0.05) is 35.7 Å². The molecule has 0 spiro atoms. The molecule has 0 aromatic heterocycles. The predicted octanol–water partition coefficient (Wildman–Crippen LogP) is 1.86. The fourth-order valence-corrected chi connectivity index (χ4v) is 1.55. The molecule has 0 saturated heterocycles. The standard InChI is InChI=1S/C12H12ClNO2/c1-2-7-14(9-12(15)16)8-10-5-3-4-6-11(10)13/h1,3-6H,7-9H2,(H,15,16). The zero-order valence-electron chi connectivity index (χ0n) is 8.69. The lowest BCUT2D eigenvalue weighted by atomic mass is 10.2. The molecular formula is C12H12ClNO2. The van der Waals surface area contributed by atoms with E-state index in [4.69, 9.17) is 23.1 Å². The van der Waals surface area contributed by atoms with Gasteiger partial charge in [-0.2, -0.15) is 0 Å². The predicted molar refractivity (Wildman–Crippen MR) is 63.2 cm³/mol. The summed E-state index contributed by atoms with van der Waals surface area (Å²) >= 11 is 5.98. The van der Waals surface area contributed by atoms with E-state index >= 15 is 0 Å². The largest absolute Gasteiger partial charge is 0.480 e. The van der Waals surface area contributed by atoms with Crippen molar-refractivity contribution < 1.29 is 9.90 Å². The molecule has 1 aromatic carbocycles. The summed E-state index contributed by atoms with van der Waals surface area (Å²) in [7, 11) is 0. The van der Waals surface area contributed by atoms with E-state index in [2.05, 4.69) is 5.92 Å². The Morgan fingerprint density at radius 1 is 1.50 bits per heavy atom. The van der Waals surface area contributed by atoms with Crippen LogP contribution < -0.4 is 0 Å². The zero-order chi connectivity index (χ0) is 12.0. The Morgan fingerprint density at radius 2 is 2.19 bits per heavy atom. The van der Waals surface area contributed by atoms with Crippen molar-refractivity contribution in [3.05, 3.63) is 34.9 Å². The Labute approximate surface area is 99.6 Å². The zero-order valence-corrected chi connectivity index (χ0v) is 9.44. The summed E-state index contributed by atoms with van der Waals surface area (Å²) < 4.78 is 0. The average molecular weight is 238 g/mol. The highest BCUT2D eigenvalue weighted by atomic mass is 35.5. The second-order valence-electron chi connectivity index (χ2n) is 3.33. The Hall–Kier alpha value is -1.50. The third-order valence-electron chi connectivity index (χ3n) is 2.03. The first kappa shape index (κ1) is 12.6. The summed E-state index contributed by atoms with van der Waals surface area (Å²) in [5.41, 5.74) is 0.876. The third-order valence-corrected chi connectivity index (χ3v) is 2.39. The monoisotopic (exact) mass is 237 g/mol. The lowest BCUT2D eigenvalue weighted by molar-refractivity contribution is -0.138. The highest BCUT2D eigenvalue weighted by Gasteiger charge is 2.10. The van der Waals surface area contributed by atoms with Crippen molar-refractivity contribution in [3.63, 3.8) is 0 Å². The van der Waals surface area contributed by atoms with Gasteiger partial charge >= 0.3 is 5.97 Å². The minimum atomic E-state index is -0.901. The summed E-state index contributed by atoms with van der Waals surface area (Å²) in [6, 6.07) is 7.31. The molecule has 1 rings (SSSR count). The molecule has 84 valence electrons. The van der Waals surface area contributed by atoms with E-state index in [0.29, 0.717) is 11.6 Å². The Bertz CT molecular complexity index is 412. The molecular weight excluding hydrogens is 226 g/mol. The van der Waals surface area contributed by atoms with Crippen molar-refractivity contribution in [2.45, 2.75) is 6.54 Å². The molecule has 0 aliphatic heterocycles. The van der Waals surface area contributed by atoms with Crippen LogP contribution in [-0.2, 0) is 11.3 Å². The number of carboxylic acids is 1. The third kappa shape index (κ3) is 3.93. The van der Waals surface area contributed by atoms with Crippen LogP contribution in [0.15, 0.2) is 24.3 Å². The van der Waals surface area contributed by atoms with Crippen LogP contribution in [-0.4, -0.2) is 29.1 Å². The quantitative estimate of drug-likeness (QED) is 0.795. The molecule has 0 saturated carbocycles. The number of hydrogen-bond acceptors (Lipinski definition) is 2. The summed E-state index contributed by atoms with van der Waals surface area (Å²) in [6.45, 7) is 0.642. The summed E-state index contributed by atoms with van der Waals surface area (Å²) in [6.07, 6.45) is 5.18. The molecule has 0 radical (unpaired) electrons. The highest BCUT2D eigenvalue weighted by Crippen LogP contribution is 2.16. The fraction of sp³-hybridized carbons (Fsp3) is 0.250. The van der Waals surface area contributed by atoms with E-state index in [1.54, 1.807) is 11.0 Å². The van der Waals surface area contributed by atoms with Gasteiger partial charge in [0, 0.05) is 11.6 Å². The van der Waals surface area contributed by atoms with Gasteiger partial charge in [-0.05, 0) is 11.6 Å². The fourth-order valence-electron chi connectivity index (χ4n) is 1.36. The minimum absolute atomic E-state index is 0.0879. The number of benzene rings is 1. The summed E-state index contributed by atoms with van der Waals surface area (Å²) in [4.78, 5) is 12.3. The Balaban J connectivity index is 2.72. The number of halogens is 1. The van der Waals surface area contributed by atoms with Gasteiger partial charge in [0.1, 0.15) is 0 Å². The van der Waals surface area contributed by atoms with Gasteiger partial charge in [-0.25, -0.2) is 0 Å². The molecule has 16 heavy (non-hydrogen) atoms. The molecule has 1 aromatic rings.